The molecule has 0 aliphatic heterocycles. The third-order valence-corrected chi connectivity index (χ3v) is 3.43. The molecule has 1 fully saturated rings. The normalized spacial score (nSPS) is 18.2. The largest absolute Gasteiger partial charge is 0.372 e. The molecular weight excluding hydrogens is 204 g/mol. The zero-order valence-corrected chi connectivity index (χ0v) is 10.7. The number of nitrogens with one attached hydrogen (secondary N) is 1. The summed E-state index contributed by atoms with van der Waals surface area (Å²) in [5.74, 6) is 0.00146. The fourth-order valence-electron chi connectivity index (χ4n) is 1.99. The first-order valence-corrected chi connectivity index (χ1v) is 6.12. The molecule has 0 aromatic carbocycles. The molecule has 1 saturated carbocycles. The Labute approximate surface area is 98.3 Å². The summed E-state index contributed by atoms with van der Waals surface area (Å²) in [7, 11) is 4.16. The van der Waals surface area contributed by atoms with E-state index in [1.54, 1.807) is 0 Å². The van der Waals surface area contributed by atoms with Crippen molar-refractivity contribution < 1.29 is 9.53 Å². The number of hydrogen-bond donors (Lipinski definition) is 1. The molecule has 94 valence electrons. The van der Waals surface area contributed by atoms with E-state index in [4.69, 9.17) is 4.74 Å². The Hall–Kier alpha value is -0.610. The summed E-state index contributed by atoms with van der Waals surface area (Å²) < 4.78 is 5.20. The summed E-state index contributed by atoms with van der Waals surface area (Å²) >= 11 is 0. The molecule has 1 amide bonds. The van der Waals surface area contributed by atoms with Crippen molar-refractivity contribution in [1.82, 2.24) is 10.2 Å². The van der Waals surface area contributed by atoms with Gasteiger partial charge in [0, 0.05) is 18.7 Å². The molecule has 0 radical (unpaired) electrons. The van der Waals surface area contributed by atoms with Crippen LogP contribution in [0.25, 0.3) is 0 Å². The lowest BCUT2D eigenvalue weighted by Gasteiger charge is -2.47. The number of carbonyl (C=O) groups is 1. The van der Waals surface area contributed by atoms with E-state index < -0.39 is 0 Å². The van der Waals surface area contributed by atoms with E-state index >= 15 is 0 Å². The van der Waals surface area contributed by atoms with Crippen molar-refractivity contribution in [2.75, 3.05) is 33.9 Å². The predicted octanol–water partition coefficient (Wildman–Crippen LogP) is 1.01. The molecule has 1 aliphatic carbocycles. The van der Waals surface area contributed by atoms with Crippen LogP contribution in [0.3, 0.4) is 0 Å². The lowest BCUT2D eigenvalue weighted by atomic mass is 9.75. The molecule has 0 aromatic rings. The number of carbonyl (C=O) groups excluding carboxylic acids is 1. The highest BCUT2D eigenvalue weighted by molar-refractivity contribution is 5.77. The number of ether oxygens (including phenoxy) is 1. The highest BCUT2D eigenvalue weighted by Crippen LogP contribution is 2.35. The van der Waals surface area contributed by atoms with E-state index in [2.05, 4.69) is 24.3 Å². The van der Waals surface area contributed by atoms with E-state index in [0.29, 0.717) is 6.61 Å². The van der Waals surface area contributed by atoms with Gasteiger partial charge in [0.25, 0.3) is 0 Å². The zero-order valence-electron chi connectivity index (χ0n) is 10.7. The lowest BCUT2D eigenvalue weighted by molar-refractivity contribution is -0.126. The smallest absolute Gasteiger partial charge is 0.246 e. The van der Waals surface area contributed by atoms with Crippen LogP contribution in [-0.2, 0) is 9.53 Å². The van der Waals surface area contributed by atoms with E-state index in [1.807, 2.05) is 6.92 Å². The summed E-state index contributed by atoms with van der Waals surface area (Å²) in [6, 6.07) is 0. The van der Waals surface area contributed by atoms with Crippen LogP contribution in [0, 0.1) is 0 Å². The molecule has 16 heavy (non-hydrogen) atoms. The Bertz CT molecular complexity index is 225. The van der Waals surface area contributed by atoms with E-state index in [0.717, 1.165) is 13.0 Å². The monoisotopic (exact) mass is 228 g/mol. The summed E-state index contributed by atoms with van der Waals surface area (Å²) in [6.45, 7) is 3.63. The molecule has 4 nitrogen and oxygen atoms in total. The van der Waals surface area contributed by atoms with Crippen LogP contribution in [0.15, 0.2) is 0 Å². The number of likely N-dealkylation sites (N-methyl/N-ethyl adjacent to an activating group) is 1. The van der Waals surface area contributed by atoms with Crippen LogP contribution in [0.4, 0.5) is 0 Å². The van der Waals surface area contributed by atoms with Crippen LogP contribution in [-0.4, -0.2) is 50.2 Å². The highest BCUT2D eigenvalue weighted by Gasteiger charge is 2.39. The van der Waals surface area contributed by atoms with Crippen molar-refractivity contribution in [2.45, 2.75) is 38.1 Å². The molecular formula is C12H24N2O2. The second-order valence-electron chi connectivity index (χ2n) is 4.80. The number of amides is 1. The van der Waals surface area contributed by atoms with Gasteiger partial charge in [-0.2, -0.15) is 0 Å². The third kappa shape index (κ3) is 3.46. The summed E-state index contributed by atoms with van der Waals surface area (Å²) in [5, 5.41) is 2.96. The van der Waals surface area contributed by atoms with Crippen LogP contribution in [0.5, 0.6) is 0 Å². The Morgan fingerprint density at radius 2 is 2.12 bits per heavy atom. The summed E-state index contributed by atoms with van der Waals surface area (Å²) in [6.07, 6.45) is 4.57. The Balaban J connectivity index is 2.20. The summed E-state index contributed by atoms with van der Waals surface area (Å²) in [5.41, 5.74) is 0.195. The van der Waals surface area contributed by atoms with Gasteiger partial charge in [0.05, 0.1) is 0 Å². The minimum Gasteiger partial charge on any atom is -0.372 e. The molecule has 1 aliphatic rings. The fourth-order valence-corrected chi connectivity index (χ4v) is 1.99. The number of nitrogens with zero attached hydrogens (tertiary/aromatic N) is 1. The van der Waals surface area contributed by atoms with E-state index in [9.17, 15) is 4.79 Å². The lowest BCUT2D eigenvalue weighted by Crippen LogP contribution is -2.57. The van der Waals surface area contributed by atoms with E-state index in [-0.39, 0.29) is 18.1 Å². The van der Waals surface area contributed by atoms with Gasteiger partial charge in [0.1, 0.15) is 6.61 Å². The molecule has 0 heterocycles. The van der Waals surface area contributed by atoms with Crippen LogP contribution < -0.4 is 5.32 Å². The molecule has 0 spiro atoms. The fraction of sp³-hybridized carbons (Fsp3) is 0.917. The zero-order chi connectivity index (χ0) is 12.0. The van der Waals surface area contributed by atoms with E-state index in [1.165, 1.54) is 19.3 Å². The average Bonchev–Trinajstić information content (AvgIpc) is 2.16. The minimum absolute atomic E-state index is 0.00146. The van der Waals surface area contributed by atoms with Gasteiger partial charge in [0.15, 0.2) is 0 Å². The first-order chi connectivity index (χ1) is 7.60. The molecule has 0 unspecified atom stereocenters. The molecule has 4 heteroatoms. The van der Waals surface area contributed by atoms with Crippen LogP contribution >= 0.6 is 0 Å². The van der Waals surface area contributed by atoms with Gasteiger partial charge < -0.3 is 15.0 Å². The quantitative estimate of drug-likeness (QED) is 0.661. The number of rotatable bonds is 7. The van der Waals surface area contributed by atoms with Gasteiger partial charge in [-0.05, 0) is 39.8 Å². The van der Waals surface area contributed by atoms with Gasteiger partial charge in [-0.15, -0.1) is 0 Å². The van der Waals surface area contributed by atoms with Crippen LogP contribution in [0.1, 0.15) is 32.6 Å². The van der Waals surface area contributed by atoms with Crippen molar-refractivity contribution >= 4 is 5.91 Å². The molecule has 0 saturated heterocycles. The standard InChI is InChI=1S/C12H24N2O2/c1-4-8-16-9-11(15)13-10-12(14(2)3)6-5-7-12/h4-10H2,1-3H3,(H,13,15). The number of hydrogen-bond acceptors (Lipinski definition) is 3. The van der Waals surface area contributed by atoms with Crippen molar-refractivity contribution in [1.29, 1.82) is 0 Å². The first kappa shape index (κ1) is 13.5. The molecule has 0 aromatic heterocycles. The Kier molecular flexibility index (Phi) is 5.22. The van der Waals surface area contributed by atoms with Gasteiger partial charge in [0.2, 0.25) is 5.91 Å². The topological polar surface area (TPSA) is 41.6 Å². The molecule has 1 N–H and O–H groups in total. The van der Waals surface area contributed by atoms with Gasteiger partial charge in [-0.25, -0.2) is 0 Å². The maximum atomic E-state index is 11.5. The van der Waals surface area contributed by atoms with Crippen molar-refractivity contribution in [3.63, 3.8) is 0 Å². The third-order valence-electron chi connectivity index (χ3n) is 3.43. The van der Waals surface area contributed by atoms with Crippen molar-refractivity contribution in [3.8, 4) is 0 Å². The molecule has 0 atom stereocenters. The second-order valence-corrected chi connectivity index (χ2v) is 4.80. The van der Waals surface area contributed by atoms with Gasteiger partial charge in [-0.1, -0.05) is 6.92 Å². The maximum Gasteiger partial charge on any atom is 0.246 e. The highest BCUT2D eigenvalue weighted by atomic mass is 16.5. The molecule has 1 rings (SSSR count). The Morgan fingerprint density at radius 3 is 2.56 bits per heavy atom. The SMILES string of the molecule is CCCOCC(=O)NCC1(N(C)C)CCC1. The minimum atomic E-state index is 0.00146. The summed E-state index contributed by atoms with van der Waals surface area (Å²) in [4.78, 5) is 13.7. The first-order valence-electron chi connectivity index (χ1n) is 6.12. The maximum absolute atomic E-state index is 11.5. The van der Waals surface area contributed by atoms with Gasteiger partial charge >= 0.3 is 0 Å². The Morgan fingerprint density at radius 1 is 1.44 bits per heavy atom. The van der Waals surface area contributed by atoms with Crippen molar-refractivity contribution in [2.24, 2.45) is 0 Å². The molecule has 0 bridgehead atoms. The van der Waals surface area contributed by atoms with Crippen LogP contribution in [0.2, 0.25) is 0 Å². The predicted molar refractivity (Wildman–Crippen MR) is 64.4 cm³/mol. The second kappa shape index (κ2) is 6.21. The van der Waals surface area contributed by atoms with Crippen molar-refractivity contribution in [3.05, 3.63) is 0 Å². The average molecular weight is 228 g/mol. The van der Waals surface area contributed by atoms with Gasteiger partial charge in [-0.3, -0.25) is 4.79 Å².